The molecule has 2 heterocycles. The van der Waals surface area contributed by atoms with Crippen molar-refractivity contribution in [3.8, 4) is 10.4 Å². The van der Waals surface area contributed by atoms with Gasteiger partial charge >= 0.3 is 6.43 Å². The van der Waals surface area contributed by atoms with Gasteiger partial charge < -0.3 is 15.0 Å². The van der Waals surface area contributed by atoms with E-state index < -0.39 is 36.9 Å². The summed E-state index contributed by atoms with van der Waals surface area (Å²) in [5, 5.41) is 4.00. The summed E-state index contributed by atoms with van der Waals surface area (Å²) in [5.74, 6) is -1.42. The lowest BCUT2D eigenvalue weighted by molar-refractivity contribution is -0.159. The number of thiazole rings is 1. The fraction of sp³-hybridized carbons (Fsp3) is 0.474. The van der Waals surface area contributed by atoms with Crippen molar-refractivity contribution in [1.82, 2.24) is 15.2 Å². The Morgan fingerprint density at radius 3 is 2.61 bits per heavy atom. The molecule has 3 rings (SSSR count). The molecule has 9 heteroatoms. The molecule has 1 aromatic heterocycles. The molecule has 0 bridgehead atoms. The number of rotatable bonds is 6. The molecule has 2 unspecified atom stereocenters. The quantitative estimate of drug-likeness (QED) is 0.783. The average molecular weight is 413 g/mol. The molecule has 1 aromatic carbocycles. The van der Waals surface area contributed by atoms with E-state index >= 15 is 0 Å². The summed E-state index contributed by atoms with van der Waals surface area (Å²) < 4.78 is 45.5. The third-order valence-corrected chi connectivity index (χ3v) is 5.71. The molecule has 2 aromatic rings. The molecule has 1 aliphatic rings. The van der Waals surface area contributed by atoms with E-state index in [1.807, 2.05) is 19.2 Å². The summed E-state index contributed by atoms with van der Waals surface area (Å²) in [5.41, 5.74) is 0.245. The lowest BCUT2D eigenvalue weighted by Gasteiger charge is -2.32. The third-order valence-electron chi connectivity index (χ3n) is 4.66. The molecular formula is C19H22F3N3O2S. The molecule has 152 valence electrons. The van der Waals surface area contributed by atoms with Crippen LogP contribution in [0.25, 0.3) is 10.4 Å². The SMILES string of the molecule is CNCc1ncc(-c2ccc(C3OC(C)(C)N(C(=O)C(F)F)C3CF)cc2)s1. The first-order valence-corrected chi connectivity index (χ1v) is 9.65. The molecule has 0 saturated carbocycles. The number of hydrogen-bond acceptors (Lipinski definition) is 5. The highest BCUT2D eigenvalue weighted by Gasteiger charge is 2.52. The number of nitrogens with zero attached hydrogens (tertiary/aromatic N) is 2. The Bertz CT molecular complexity index is 826. The van der Waals surface area contributed by atoms with Crippen LogP contribution in [0.3, 0.4) is 0 Å². The Hall–Kier alpha value is -1.97. The number of carbonyl (C=O) groups is 1. The largest absolute Gasteiger partial charge is 0.346 e. The molecule has 1 saturated heterocycles. The number of benzene rings is 1. The van der Waals surface area contributed by atoms with Crippen molar-refractivity contribution in [1.29, 1.82) is 0 Å². The van der Waals surface area contributed by atoms with Crippen molar-refractivity contribution in [3.05, 3.63) is 41.0 Å². The van der Waals surface area contributed by atoms with E-state index in [1.165, 1.54) is 13.8 Å². The number of ether oxygens (including phenoxy) is 1. The molecule has 28 heavy (non-hydrogen) atoms. The molecule has 0 radical (unpaired) electrons. The first kappa shape index (κ1) is 20.8. The van der Waals surface area contributed by atoms with Gasteiger partial charge in [0.25, 0.3) is 5.91 Å². The number of amides is 1. The van der Waals surface area contributed by atoms with E-state index in [2.05, 4.69) is 10.3 Å². The first-order valence-electron chi connectivity index (χ1n) is 8.83. The lowest BCUT2D eigenvalue weighted by atomic mass is 10.0. The van der Waals surface area contributed by atoms with Crippen molar-refractivity contribution < 1.29 is 22.7 Å². The Balaban J connectivity index is 1.85. The third kappa shape index (κ3) is 3.92. The van der Waals surface area contributed by atoms with Crippen molar-refractivity contribution in [2.24, 2.45) is 0 Å². The molecule has 1 amide bonds. The minimum absolute atomic E-state index is 0.629. The fourth-order valence-electron chi connectivity index (χ4n) is 3.47. The van der Waals surface area contributed by atoms with E-state index in [-0.39, 0.29) is 0 Å². The Labute approximate surface area is 165 Å². The summed E-state index contributed by atoms with van der Waals surface area (Å²) in [7, 11) is 1.85. The van der Waals surface area contributed by atoms with E-state index in [0.717, 1.165) is 20.3 Å². The fourth-order valence-corrected chi connectivity index (χ4v) is 4.40. The normalized spacial score (nSPS) is 21.5. The van der Waals surface area contributed by atoms with Crippen LogP contribution < -0.4 is 5.32 Å². The van der Waals surface area contributed by atoms with Crippen LogP contribution in [-0.2, 0) is 16.1 Å². The Morgan fingerprint density at radius 1 is 1.36 bits per heavy atom. The van der Waals surface area contributed by atoms with Crippen LogP contribution in [0.2, 0.25) is 0 Å². The lowest BCUT2D eigenvalue weighted by Crippen LogP contribution is -2.51. The minimum Gasteiger partial charge on any atom is -0.346 e. The van der Waals surface area contributed by atoms with Gasteiger partial charge in [-0.3, -0.25) is 4.79 Å². The van der Waals surface area contributed by atoms with Gasteiger partial charge in [-0.2, -0.15) is 8.78 Å². The van der Waals surface area contributed by atoms with Gasteiger partial charge in [0.15, 0.2) is 0 Å². The molecule has 1 N–H and O–H groups in total. The van der Waals surface area contributed by atoms with Gasteiger partial charge in [0.05, 0.1) is 10.9 Å². The van der Waals surface area contributed by atoms with Gasteiger partial charge in [0, 0.05) is 12.7 Å². The van der Waals surface area contributed by atoms with Gasteiger partial charge in [0.1, 0.15) is 23.5 Å². The summed E-state index contributed by atoms with van der Waals surface area (Å²) in [6, 6.07) is 6.15. The van der Waals surface area contributed by atoms with Crippen LogP contribution in [0.5, 0.6) is 0 Å². The van der Waals surface area contributed by atoms with Crippen LogP contribution in [-0.4, -0.2) is 47.7 Å². The monoisotopic (exact) mass is 413 g/mol. The predicted octanol–water partition coefficient (Wildman–Crippen LogP) is 3.77. The molecule has 1 aliphatic heterocycles. The van der Waals surface area contributed by atoms with E-state index in [9.17, 15) is 18.0 Å². The van der Waals surface area contributed by atoms with Crippen LogP contribution in [0.15, 0.2) is 30.5 Å². The van der Waals surface area contributed by atoms with Crippen LogP contribution in [0.1, 0.15) is 30.5 Å². The maximum Gasteiger partial charge on any atom is 0.315 e. The van der Waals surface area contributed by atoms with Gasteiger partial charge in [-0.25, -0.2) is 9.37 Å². The van der Waals surface area contributed by atoms with Gasteiger partial charge in [-0.05, 0) is 32.0 Å². The second kappa shape index (κ2) is 8.18. The summed E-state index contributed by atoms with van der Waals surface area (Å²) in [4.78, 5) is 18.1. The number of alkyl halides is 3. The zero-order valence-electron chi connectivity index (χ0n) is 15.8. The van der Waals surface area contributed by atoms with Crippen molar-refractivity contribution in [3.63, 3.8) is 0 Å². The Kier molecular flexibility index (Phi) is 6.07. The van der Waals surface area contributed by atoms with Crippen molar-refractivity contribution in [2.45, 2.75) is 44.7 Å². The molecular weight excluding hydrogens is 391 g/mol. The smallest absolute Gasteiger partial charge is 0.315 e. The number of hydrogen-bond donors (Lipinski definition) is 1. The van der Waals surface area contributed by atoms with Crippen molar-refractivity contribution >= 4 is 17.2 Å². The summed E-state index contributed by atoms with van der Waals surface area (Å²) in [6.07, 6.45) is -2.25. The van der Waals surface area contributed by atoms with Crippen molar-refractivity contribution in [2.75, 3.05) is 13.7 Å². The minimum atomic E-state index is -3.21. The van der Waals surface area contributed by atoms with Crippen LogP contribution in [0.4, 0.5) is 13.2 Å². The maximum atomic E-state index is 13.7. The highest BCUT2D eigenvalue weighted by atomic mass is 32.1. The maximum absolute atomic E-state index is 13.7. The molecule has 0 spiro atoms. The first-order chi connectivity index (χ1) is 13.3. The van der Waals surface area contributed by atoms with E-state index in [0.29, 0.717) is 12.1 Å². The van der Waals surface area contributed by atoms with Gasteiger partial charge in [-0.15, -0.1) is 11.3 Å². The zero-order chi connectivity index (χ0) is 20.5. The standard InChI is InChI=1S/C19H22F3N3O2S/c1-19(2)25(18(26)17(21)22)13(8-20)16(27-19)12-6-4-11(5-7-12)14-9-24-15(28-14)10-23-3/h4-7,9,13,16-17,23H,8,10H2,1-3H3. The number of halogens is 3. The van der Waals surface area contributed by atoms with Crippen LogP contribution >= 0.6 is 11.3 Å². The number of carbonyl (C=O) groups excluding carboxylic acids is 1. The summed E-state index contributed by atoms with van der Waals surface area (Å²) >= 11 is 1.56. The number of aromatic nitrogens is 1. The second-order valence-corrected chi connectivity index (χ2v) is 8.10. The second-order valence-electron chi connectivity index (χ2n) is 6.99. The molecule has 2 atom stereocenters. The predicted molar refractivity (Wildman–Crippen MR) is 101 cm³/mol. The van der Waals surface area contributed by atoms with E-state index in [4.69, 9.17) is 4.74 Å². The van der Waals surface area contributed by atoms with Gasteiger partial charge in [0.2, 0.25) is 0 Å². The van der Waals surface area contributed by atoms with Gasteiger partial charge in [-0.1, -0.05) is 24.3 Å². The topological polar surface area (TPSA) is 54.5 Å². The molecule has 5 nitrogen and oxygen atoms in total. The molecule has 1 fully saturated rings. The van der Waals surface area contributed by atoms with E-state index in [1.54, 1.807) is 29.7 Å². The highest BCUT2D eigenvalue weighted by Crippen LogP contribution is 2.42. The van der Waals surface area contributed by atoms with Crippen LogP contribution in [0, 0.1) is 0 Å². The summed E-state index contributed by atoms with van der Waals surface area (Å²) in [6.45, 7) is 2.69. The highest BCUT2D eigenvalue weighted by molar-refractivity contribution is 7.15. The molecule has 0 aliphatic carbocycles. The Morgan fingerprint density at radius 2 is 2.04 bits per heavy atom. The average Bonchev–Trinajstić information content (AvgIpc) is 3.23. The number of nitrogens with one attached hydrogen (secondary N) is 1. The zero-order valence-corrected chi connectivity index (χ0v) is 16.6.